The van der Waals surface area contributed by atoms with Crippen molar-refractivity contribution in [3.63, 3.8) is 0 Å². The molecule has 0 amide bonds. The fraction of sp³-hybridized carbons (Fsp3) is 0.933. The molecule has 4 heteroatoms. The van der Waals surface area contributed by atoms with Crippen LogP contribution in [0.3, 0.4) is 0 Å². The normalized spacial score (nSPS) is 22.2. The second-order valence-electron chi connectivity index (χ2n) is 6.40. The van der Waals surface area contributed by atoms with Gasteiger partial charge in [-0.25, -0.2) is 0 Å². The molecule has 19 heavy (non-hydrogen) atoms. The number of nitrogens with two attached hydrogens (primary N) is 1. The lowest BCUT2D eigenvalue weighted by atomic mass is 9.81. The first-order valence-corrected chi connectivity index (χ1v) is 7.58. The van der Waals surface area contributed by atoms with E-state index in [0.29, 0.717) is 5.92 Å². The Morgan fingerprint density at radius 2 is 1.84 bits per heavy atom. The third kappa shape index (κ3) is 5.49. The summed E-state index contributed by atoms with van der Waals surface area (Å²) in [6, 6.07) is -0.288. The van der Waals surface area contributed by atoms with Crippen molar-refractivity contribution < 1.29 is 15.0 Å². The predicted octanol–water partition coefficient (Wildman–Crippen LogP) is 2.39. The smallest absolute Gasteiger partial charge is 0.306 e. The fourth-order valence-corrected chi connectivity index (χ4v) is 3.06. The molecule has 1 saturated carbocycles. The third-order valence-corrected chi connectivity index (χ3v) is 4.44. The van der Waals surface area contributed by atoms with Gasteiger partial charge in [0, 0.05) is 6.04 Å². The van der Waals surface area contributed by atoms with E-state index in [0.717, 1.165) is 6.42 Å². The minimum atomic E-state index is -0.834. The highest BCUT2D eigenvalue weighted by Gasteiger charge is 2.28. The SMILES string of the molecule is CC(C)C(CC(O)C(N)CC1CCCCC1)C(=O)O. The molecule has 0 spiro atoms. The van der Waals surface area contributed by atoms with E-state index < -0.39 is 18.0 Å². The van der Waals surface area contributed by atoms with Gasteiger partial charge < -0.3 is 15.9 Å². The molecule has 0 aromatic heterocycles. The van der Waals surface area contributed by atoms with Crippen molar-refractivity contribution in [2.75, 3.05) is 0 Å². The van der Waals surface area contributed by atoms with Crippen molar-refractivity contribution in [3.05, 3.63) is 0 Å². The summed E-state index contributed by atoms with van der Waals surface area (Å²) in [4.78, 5) is 11.1. The van der Waals surface area contributed by atoms with Crippen LogP contribution >= 0.6 is 0 Å². The van der Waals surface area contributed by atoms with Crippen LogP contribution in [0, 0.1) is 17.8 Å². The zero-order valence-corrected chi connectivity index (χ0v) is 12.2. The molecule has 0 saturated heterocycles. The van der Waals surface area contributed by atoms with E-state index in [1.165, 1.54) is 32.1 Å². The average molecular weight is 271 g/mol. The largest absolute Gasteiger partial charge is 0.481 e. The van der Waals surface area contributed by atoms with Crippen LogP contribution in [-0.2, 0) is 4.79 Å². The lowest BCUT2D eigenvalue weighted by Gasteiger charge is -2.28. The molecule has 3 unspecified atom stereocenters. The van der Waals surface area contributed by atoms with Crippen LogP contribution in [-0.4, -0.2) is 28.3 Å². The molecule has 0 heterocycles. The molecular formula is C15H29NO3. The van der Waals surface area contributed by atoms with Gasteiger partial charge in [-0.1, -0.05) is 46.0 Å². The Bertz CT molecular complexity index is 275. The number of carbonyl (C=O) groups is 1. The number of aliphatic carboxylic acids is 1. The highest BCUT2D eigenvalue weighted by molar-refractivity contribution is 5.70. The number of rotatable bonds is 7. The summed E-state index contributed by atoms with van der Waals surface area (Å²) in [7, 11) is 0. The van der Waals surface area contributed by atoms with Crippen molar-refractivity contribution >= 4 is 5.97 Å². The van der Waals surface area contributed by atoms with Crippen molar-refractivity contribution in [1.82, 2.24) is 0 Å². The van der Waals surface area contributed by atoms with Crippen LogP contribution < -0.4 is 5.73 Å². The highest BCUT2D eigenvalue weighted by Crippen LogP contribution is 2.28. The van der Waals surface area contributed by atoms with E-state index in [9.17, 15) is 9.90 Å². The van der Waals surface area contributed by atoms with E-state index in [-0.39, 0.29) is 18.4 Å². The quantitative estimate of drug-likeness (QED) is 0.664. The molecule has 4 nitrogen and oxygen atoms in total. The zero-order valence-electron chi connectivity index (χ0n) is 12.2. The van der Waals surface area contributed by atoms with Gasteiger partial charge in [0.15, 0.2) is 0 Å². The number of hydrogen-bond donors (Lipinski definition) is 3. The van der Waals surface area contributed by atoms with Crippen molar-refractivity contribution in [2.45, 2.75) is 70.9 Å². The van der Waals surface area contributed by atoms with Crippen molar-refractivity contribution in [2.24, 2.45) is 23.5 Å². The van der Waals surface area contributed by atoms with Crippen LogP contribution in [0.1, 0.15) is 58.8 Å². The third-order valence-electron chi connectivity index (χ3n) is 4.44. The first-order valence-electron chi connectivity index (χ1n) is 7.58. The molecule has 1 rings (SSSR count). The number of hydrogen-bond acceptors (Lipinski definition) is 3. The Labute approximate surface area is 116 Å². The first-order chi connectivity index (χ1) is 8.91. The standard InChI is InChI=1S/C15H29NO3/c1-10(2)12(15(18)19)9-14(17)13(16)8-11-6-4-3-5-7-11/h10-14,17H,3-9,16H2,1-2H3,(H,18,19). The Morgan fingerprint density at radius 1 is 1.26 bits per heavy atom. The van der Waals surface area contributed by atoms with Crippen LogP contribution in [0.4, 0.5) is 0 Å². The minimum Gasteiger partial charge on any atom is -0.481 e. The molecule has 4 N–H and O–H groups in total. The number of carboxylic acid groups (broad SMARTS) is 1. The number of aliphatic hydroxyl groups is 1. The fourth-order valence-electron chi connectivity index (χ4n) is 3.06. The van der Waals surface area contributed by atoms with Crippen LogP contribution in [0.15, 0.2) is 0 Å². The van der Waals surface area contributed by atoms with Gasteiger partial charge in [-0.05, 0) is 24.7 Å². The van der Waals surface area contributed by atoms with E-state index in [1.807, 2.05) is 13.8 Å². The second-order valence-corrected chi connectivity index (χ2v) is 6.40. The summed E-state index contributed by atoms with van der Waals surface area (Å²) in [5.74, 6) is -0.707. The van der Waals surface area contributed by atoms with Gasteiger partial charge in [-0.3, -0.25) is 4.79 Å². The van der Waals surface area contributed by atoms with Gasteiger partial charge >= 0.3 is 5.97 Å². The monoisotopic (exact) mass is 271 g/mol. The molecule has 3 atom stereocenters. The van der Waals surface area contributed by atoms with Crippen LogP contribution in [0.25, 0.3) is 0 Å². The molecule has 0 aromatic rings. The Balaban J connectivity index is 2.41. The molecule has 0 radical (unpaired) electrons. The van der Waals surface area contributed by atoms with Crippen molar-refractivity contribution in [3.8, 4) is 0 Å². The molecule has 0 bridgehead atoms. The van der Waals surface area contributed by atoms with E-state index >= 15 is 0 Å². The Morgan fingerprint density at radius 3 is 2.32 bits per heavy atom. The Kier molecular flexibility index (Phi) is 6.80. The van der Waals surface area contributed by atoms with E-state index in [4.69, 9.17) is 10.8 Å². The maximum atomic E-state index is 11.1. The van der Waals surface area contributed by atoms with Crippen molar-refractivity contribution in [1.29, 1.82) is 0 Å². The number of aliphatic hydroxyl groups excluding tert-OH is 1. The second kappa shape index (κ2) is 7.85. The van der Waals surface area contributed by atoms with E-state index in [1.54, 1.807) is 0 Å². The summed E-state index contributed by atoms with van der Waals surface area (Å²) >= 11 is 0. The molecule has 0 aliphatic heterocycles. The van der Waals surface area contributed by atoms with Crippen LogP contribution in [0.5, 0.6) is 0 Å². The summed E-state index contributed by atoms with van der Waals surface area (Å²) in [5, 5.41) is 19.3. The van der Waals surface area contributed by atoms with Gasteiger partial charge in [0.2, 0.25) is 0 Å². The topological polar surface area (TPSA) is 83.5 Å². The van der Waals surface area contributed by atoms with Gasteiger partial charge in [0.1, 0.15) is 0 Å². The lowest BCUT2D eigenvalue weighted by Crippen LogP contribution is -2.39. The average Bonchev–Trinajstić information content (AvgIpc) is 2.35. The summed E-state index contributed by atoms with van der Waals surface area (Å²) in [6.45, 7) is 3.75. The summed E-state index contributed by atoms with van der Waals surface area (Å²) in [6.07, 6.45) is 6.62. The highest BCUT2D eigenvalue weighted by atomic mass is 16.4. The Hall–Kier alpha value is -0.610. The predicted molar refractivity (Wildman–Crippen MR) is 75.8 cm³/mol. The summed E-state index contributed by atoms with van der Waals surface area (Å²) < 4.78 is 0. The molecule has 0 aromatic carbocycles. The molecule has 1 aliphatic carbocycles. The molecule has 1 aliphatic rings. The maximum absolute atomic E-state index is 11.1. The molecule has 1 fully saturated rings. The van der Waals surface area contributed by atoms with Gasteiger partial charge in [0.05, 0.1) is 12.0 Å². The van der Waals surface area contributed by atoms with Gasteiger partial charge in [-0.15, -0.1) is 0 Å². The lowest BCUT2D eigenvalue weighted by molar-refractivity contribution is -0.144. The molecule has 112 valence electrons. The first kappa shape index (κ1) is 16.4. The molecular weight excluding hydrogens is 242 g/mol. The van der Waals surface area contributed by atoms with Crippen LogP contribution in [0.2, 0.25) is 0 Å². The van der Waals surface area contributed by atoms with Gasteiger partial charge in [-0.2, -0.15) is 0 Å². The van der Waals surface area contributed by atoms with Gasteiger partial charge in [0.25, 0.3) is 0 Å². The van der Waals surface area contributed by atoms with E-state index in [2.05, 4.69) is 0 Å². The minimum absolute atomic E-state index is 0.0223. The zero-order chi connectivity index (χ0) is 14.4. The number of carboxylic acids is 1. The maximum Gasteiger partial charge on any atom is 0.306 e. The summed E-state index contributed by atoms with van der Waals surface area (Å²) in [5.41, 5.74) is 6.05.